The van der Waals surface area contributed by atoms with Crippen molar-refractivity contribution in [2.24, 2.45) is 0 Å². The van der Waals surface area contributed by atoms with E-state index in [0.717, 1.165) is 25.7 Å². The van der Waals surface area contributed by atoms with Crippen LogP contribution in [0.15, 0.2) is 0 Å². The summed E-state index contributed by atoms with van der Waals surface area (Å²) in [5.74, 6) is -1.19. The van der Waals surface area contributed by atoms with Crippen LogP contribution in [0, 0.1) is 0 Å². The predicted molar refractivity (Wildman–Crippen MR) is 128 cm³/mol. The summed E-state index contributed by atoms with van der Waals surface area (Å²) in [5.41, 5.74) is 0. The fourth-order valence-electron chi connectivity index (χ4n) is 4.38. The number of aliphatic carboxylic acids is 1. The minimum absolute atomic E-state index is 0.0299. The number of carbonyl (C=O) groups is 1. The van der Waals surface area contributed by atoms with Gasteiger partial charge in [-0.15, -0.1) is 0 Å². The molecule has 0 amide bonds. The molecule has 2 saturated heterocycles. The zero-order valence-corrected chi connectivity index (χ0v) is 22.8. The zero-order chi connectivity index (χ0) is 24.1. The van der Waals surface area contributed by atoms with E-state index >= 15 is 0 Å². The Hall–Kier alpha value is -0.336. The van der Waals surface area contributed by atoms with Gasteiger partial charge in [0.05, 0.1) is 26.2 Å². The van der Waals surface area contributed by atoms with E-state index < -0.39 is 28.7 Å². The standard InChI is InChI=1S/C16H33NO6Si.C6H14OSi/c1-17(6-7-18,13-16(20)21)12-15(19)14-22-8-5-11-24(2)10-4-3-9-23-24;1-8(2)6-4-3-5-7-8/h15,18-19H,3-14H2,1-2H3;3-6H2,1-2H3. The number of carboxylic acids is 1. The van der Waals surface area contributed by atoms with Crippen LogP contribution in [0.25, 0.3) is 0 Å². The number of carbonyl (C=O) groups excluding carboxylic acids is 1. The summed E-state index contributed by atoms with van der Waals surface area (Å²) in [7, 11) is -0.935. The number of hydrogen-bond acceptors (Lipinski definition) is 7. The summed E-state index contributed by atoms with van der Waals surface area (Å²) in [6.07, 6.45) is 5.29. The van der Waals surface area contributed by atoms with E-state index in [1.165, 1.54) is 37.8 Å². The number of nitrogens with zero attached hydrogens (tertiary/aromatic N) is 1. The number of likely N-dealkylation sites (N-methyl/N-ethyl adjacent to an activating group) is 1. The van der Waals surface area contributed by atoms with Crippen molar-refractivity contribution in [3.05, 3.63) is 0 Å². The summed E-state index contributed by atoms with van der Waals surface area (Å²) in [4.78, 5) is 10.8. The first-order chi connectivity index (χ1) is 15.0. The molecule has 2 N–H and O–H groups in total. The molecule has 10 heteroatoms. The molecule has 32 heavy (non-hydrogen) atoms. The average molecular weight is 494 g/mol. The third-order valence-electron chi connectivity index (χ3n) is 6.32. The van der Waals surface area contributed by atoms with Crippen LogP contribution in [0.4, 0.5) is 0 Å². The normalized spacial score (nSPS) is 25.8. The smallest absolute Gasteiger partial charge is 0.189 e. The van der Waals surface area contributed by atoms with E-state index in [0.29, 0.717) is 6.61 Å². The minimum Gasteiger partial charge on any atom is -0.544 e. The van der Waals surface area contributed by atoms with Crippen molar-refractivity contribution >= 4 is 22.6 Å². The molecule has 3 unspecified atom stereocenters. The number of quaternary nitrogens is 1. The van der Waals surface area contributed by atoms with Crippen LogP contribution in [0.5, 0.6) is 0 Å². The first-order valence-corrected chi connectivity index (χ1v) is 18.1. The molecule has 3 atom stereocenters. The SMILES string of the molecule is C[N+](CCO)(CC(=O)[O-])CC(O)COCCC[Si]1(C)CCCCO1.C[Si]1(C)CCCCO1. The second-order valence-electron chi connectivity index (χ2n) is 10.4. The highest BCUT2D eigenvalue weighted by Gasteiger charge is 2.31. The van der Waals surface area contributed by atoms with E-state index in [4.69, 9.17) is 18.7 Å². The van der Waals surface area contributed by atoms with Gasteiger partial charge < -0.3 is 38.2 Å². The zero-order valence-electron chi connectivity index (χ0n) is 20.8. The van der Waals surface area contributed by atoms with E-state index in [1.807, 2.05) is 0 Å². The second kappa shape index (κ2) is 14.8. The predicted octanol–water partition coefficient (Wildman–Crippen LogP) is 1.33. The molecule has 0 spiro atoms. The van der Waals surface area contributed by atoms with Gasteiger partial charge in [0.15, 0.2) is 16.6 Å². The molecule has 0 aliphatic carbocycles. The highest BCUT2D eigenvalue weighted by molar-refractivity contribution is 6.72. The lowest BCUT2D eigenvalue weighted by Gasteiger charge is -2.35. The van der Waals surface area contributed by atoms with Crippen molar-refractivity contribution in [3.63, 3.8) is 0 Å². The Balaban J connectivity index is 0.000000533. The Morgan fingerprint density at radius 1 is 1.12 bits per heavy atom. The molecule has 2 rings (SSSR count). The van der Waals surface area contributed by atoms with Gasteiger partial charge in [0.1, 0.15) is 25.7 Å². The monoisotopic (exact) mass is 493 g/mol. The summed E-state index contributed by atoms with van der Waals surface area (Å²) in [5, 5.41) is 30.0. The maximum absolute atomic E-state index is 10.8. The molecule has 2 fully saturated rings. The lowest BCUT2D eigenvalue weighted by Crippen LogP contribution is -2.56. The fraction of sp³-hybridized carbons (Fsp3) is 0.955. The van der Waals surface area contributed by atoms with Crippen LogP contribution in [-0.2, 0) is 18.4 Å². The van der Waals surface area contributed by atoms with Gasteiger partial charge in [-0.2, -0.15) is 0 Å². The first kappa shape index (κ1) is 29.7. The van der Waals surface area contributed by atoms with Gasteiger partial charge in [-0.05, 0) is 57.0 Å². The van der Waals surface area contributed by atoms with Crippen LogP contribution >= 0.6 is 0 Å². The molecule has 190 valence electrons. The second-order valence-corrected chi connectivity index (χ2v) is 18.9. The topological polar surface area (TPSA) is 108 Å². The lowest BCUT2D eigenvalue weighted by molar-refractivity contribution is -0.907. The molecule has 0 radical (unpaired) electrons. The quantitative estimate of drug-likeness (QED) is 0.240. The molecule has 2 aliphatic rings. The fourth-order valence-corrected chi connectivity index (χ4v) is 9.39. The number of hydrogen-bond donors (Lipinski definition) is 2. The summed E-state index contributed by atoms with van der Waals surface area (Å²) < 4.78 is 17.1. The van der Waals surface area contributed by atoms with Gasteiger partial charge >= 0.3 is 0 Å². The number of rotatable bonds is 12. The van der Waals surface area contributed by atoms with Gasteiger partial charge in [-0.3, -0.25) is 0 Å². The largest absolute Gasteiger partial charge is 0.544 e. The molecule has 0 saturated carbocycles. The van der Waals surface area contributed by atoms with Gasteiger partial charge in [0.25, 0.3) is 0 Å². The maximum Gasteiger partial charge on any atom is 0.189 e. The molecule has 0 aromatic carbocycles. The molecule has 0 aromatic heterocycles. The third-order valence-corrected chi connectivity index (χ3v) is 12.6. The lowest BCUT2D eigenvalue weighted by atomic mass is 10.2. The third kappa shape index (κ3) is 13.4. The van der Waals surface area contributed by atoms with E-state index in [2.05, 4.69) is 19.6 Å². The number of aliphatic hydroxyl groups is 2. The maximum atomic E-state index is 10.8. The molecular formula is C22H47NO7Si2. The number of ether oxygens (including phenoxy) is 1. The van der Waals surface area contributed by atoms with Gasteiger partial charge in [0.2, 0.25) is 0 Å². The summed E-state index contributed by atoms with van der Waals surface area (Å²) in [6.45, 7) is 9.63. The van der Waals surface area contributed by atoms with Gasteiger partial charge in [-0.1, -0.05) is 12.8 Å². The number of carboxylic acid groups (broad SMARTS) is 1. The molecule has 0 aromatic rings. The van der Waals surface area contributed by atoms with Crippen molar-refractivity contribution < 1.29 is 38.2 Å². The van der Waals surface area contributed by atoms with Crippen LogP contribution in [0.1, 0.15) is 32.1 Å². The van der Waals surface area contributed by atoms with E-state index in [1.54, 1.807) is 7.05 Å². The first-order valence-electron chi connectivity index (χ1n) is 12.2. The number of aliphatic hydroxyl groups excluding tert-OH is 2. The Labute approximate surface area is 196 Å². The Kier molecular flexibility index (Phi) is 13.8. The summed E-state index contributed by atoms with van der Waals surface area (Å²) in [6, 6.07) is 3.66. The van der Waals surface area contributed by atoms with Crippen molar-refractivity contribution in [1.29, 1.82) is 0 Å². The van der Waals surface area contributed by atoms with Crippen LogP contribution in [0.2, 0.25) is 37.8 Å². The highest BCUT2D eigenvalue weighted by atomic mass is 28.4. The van der Waals surface area contributed by atoms with Crippen LogP contribution < -0.4 is 5.11 Å². The summed E-state index contributed by atoms with van der Waals surface area (Å²) >= 11 is 0. The van der Waals surface area contributed by atoms with E-state index in [-0.39, 0.29) is 37.3 Å². The van der Waals surface area contributed by atoms with Gasteiger partial charge in [-0.25, -0.2) is 0 Å². The minimum atomic E-state index is -1.53. The average Bonchev–Trinajstić information content (AvgIpc) is 2.67. The van der Waals surface area contributed by atoms with Crippen molar-refractivity contribution in [3.8, 4) is 0 Å². The van der Waals surface area contributed by atoms with E-state index in [9.17, 15) is 15.0 Å². The van der Waals surface area contributed by atoms with Crippen molar-refractivity contribution in [2.45, 2.75) is 76.0 Å². The van der Waals surface area contributed by atoms with Gasteiger partial charge in [0, 0.05) is 19.8 Å². The Morgan fingerprint density at radius 2 is 1.78 bits per heavy atom. The van der Waals surface area contributed by atoms with Crippen LogP contribution in [-0.4, -0.2) is 103 Å². The molecule has 8 nitrogen and oxygen atoms in total. The molecule has 2 aliphatic heterocycles. The Bertz CT molecular complexity index is 524. The highest BCUT2D eigenvalue weighted by Crippen LogP contribution is 2.26. The molecule has 2 heterocycles. The Morgan fingerprint density at radius 3 is 2.25 bits per heavy atom. The molecule has 0 bridgehead atoms. The van der Waals surface area contributed by atoms with Crippen LogP contribution in [0.3, 0.4) is 0 Å². The van der Waals surface area contributed by atoms with Crippen molar-refractivity contribution in [1.82, 2.24) is 0 Å². The molecular weight excluding hydrogens is 446 g/mol. The van der Waals surface area contributed by atoms with Crippen molar-refractivity contribution in [2.75, 3.05) is 59.7 Å².